The van der Waals surface area contributed by atoms with Crippen LogP contribution in [-0.4, -0.2) is 30.7 Å². The van der Waals surface area contributed by atoms with Crippen LogP contribution in [0, 0.1) is 0 Å². The van der Waals surface area contributed by atoms with Crippen LogP contribution in [0.2, 0.25) is 0 Å². The van der Waals surface area contributed by atoms with Gasteiger partial charge in [-0.3, -0.25) is 5.43 Å². The lowest BCUT2D eigenvalue weighted by atomic mass is 10.2. The zero-order valence-electron chi connectivity index (χ0n) is 10.5. The van der Waals surface area contributed by atoms with Gasteiger partial charge < -0.3 is 15.2 Å². The van der Waals surface area contributed by atoms with Gasteiger partial charge in [0.15, 0.2) is 0 Å². The first-order chi connectivity index (χ1) is 9.24. The molecule has 0 amide bonds. The minimum absolute atomic E-state index is 0.138. The highest BCUT2D eigenvalue weighted by molar-refractivity contribution is 5.84. The molecule has 0 radical (unpaired) electrons. The molecular weight excluding hydrogens is 250 g/mol. The first kappa shape index (κ1) is 12.7. The van der Waals surface area contributed by atoms with Crippen molar-refractivity contribution in [1.29, 1.82) is 0 Å². The number of nitrogens with two attached hydrogens (primary N) is 1. The normalized spacial score (nSPS) is 10.6. The molecule has 8 nitrogen and oxygen atoms in total. The van der Waals surface area contributed by atoms with Gasteiger partial charge in [-0.15, -0.1) is 0 Å². The molecule has 0 fully saturated rings. The first-order valence-corrected chi connectivity index (χ1v) is 5.33. The number of nitrogen functional groups attached to an aromatic ring is 1. The SMILES string of the molecule is COc1ccc(/C=N/Nc2nonc2N)c(OC)c1. The summed E-state index contributed by atoms with van der Waals surface area (Å²) < 4.78 is 14.8. The molecule has 0 atom stereocenters. The Hall–Kier alpha value is -2.77. The lowest BCUT2D eigenvalue weighted by Crippen LogP contribution is -1.97. The Morgan fingerprint density at radius 3 is 2.79 bits per heavy atom. The van der Waals surface area contributed by atoms with E-state index >= 15 is 0 Å². The second-order valence-electron chi connectivity index (χ2n) is 3.48. The molecule has 0 saturated carbocycles. The summed E-state index contributed by atoms with van der Waals surface area (Å²) in [7, 11) is 3.16. The first-order valence-electron chi connectivity index (χ1n) is 5.33. The Balaban J connectivity index is 2.12. The molecule has 1 aromatic carbocycles. The molecule has 3 N–H and O–H groups in total. The van der Waals surface area contributed by atoms with E-state index in [9.17, 15) is 0 Å². The number of hydrogen-bond acceptors (Lipinski definition) is 8. The highest BCUT2D eigenvalue weighted by Gasteiger charge is 2.04. The van der Waals surface area contributed by atoms with Crippen LogP contribution in [0.25, 0.3) is 0 Å². The van der Waals surface area contributed by atoms with Crippen molar-refractivity contribution in [3.63, 3.8) is 0 Å². The highest BCUT2D eigenvalue weighted by atomic mass is 16.6. The predicted octanol–water partition coefficient (Wildman–Crippen LogP) is 1.11. The van der Waals surface area contributed by atoms with Crippen molar-refractivity contribution in [2.45, 2.75) is 0 Å². The van der Waals surface area contributed by atoms with E-state index in [4.69, 9.17) is 15.2 Å². The van der Waals surface area contributed by atoms with Crippen LogP contribution in [-0.2, 0) is 0 Å². The lowest BCUT2D eigenvalue weighted by molar-refractivity contribution is 0.310. The number of benzene rings is 1. The van der Waals surface area contributed by atoms with Crippen molar-refractivity contribution in [3.05, 3.63) is 23.8 Å². The maximum Gasteiger partial charge on any atom is 0.235 e. The van der Waals surface area contributed by atoms with Crippen LogP contribution in [0.3, 0.4) is 0 Å². The van der Waals surface area contributed by atoms with E-state index in [0.717, 1.165) is 5.56 Å². The summed E-state index contributed by atoms with van der Waals surface area (Å²) in [6.45, 7) is 0. The zero-order valence-corrected chi connectivity index (χ0v) is 10.5. The fourth-order valence-corrected chi connectivity index (χ4v) is 1.36. The minimum Gasteiger partial charge on any atom is -0.497 e. The van der Waals surface area contributed by atoms with Gasteiger partial charge in [-0.1, -0.05) is 0 Å². The van der Waals surface area contributed by atoms with E-state index in [0.29, 0.717) is 11.5 Å². The van der Waals surface area contributed by atoms with Crippen molar-refractivity contribution < 1.29 is 14.1 Å². The molecule has 0 spiro atoms. The van der Waals surface area contributed by atoms with Crippen molar-refractivity contribution in [1.82, 2.24) is 10.3 Å². The van der Waals surface area contributed by atoms with E-state index in [1.54, 1.807) is 32.6 Å². The van der Waals surface area contributed by atoms with Crippen LogP contribution in [0.15, 0.2) is 27.9 Å². The summed E-state index contributed by atoms with van der Waals surface area (Å²) in [5, 5.41) is 10.9. The number of nitrogens with zero attached hydrogens (tertiary/aromatic N) is 3. The van der Waals surface area contributed by atoms with E-state index in [2.05, 4.69) is 25.5 Å². The third kappa shape index (κ3) is 2.92. The Morgan fingerprint density at radius 1 is 1.32 bits per heavy atom. The molecule has 0 aliphatic carbocycles. The van der Waals surface area contributed by atoms with Crippen LogP contribution in [0.4, 0.5) is 11.6 Å². The molecule has 2 aromatic rings. The summed E-state index contributed by atoms with van der Waals surface area (Å²) in [5.41, 5.74) is 8.85. The fourth-order valence-electron chi connectivity index (χ4n) is 1.36. The van der Waals surface area contributed by atoms with Crippen molar-refractivity contribution >= 4 is 17.9 Å². The molecule has 100 valence electrons. The number of methoxy groups -OCH3 is 2. The number of ether oxygens (including phenoxy) is 2. The van der Waals surface area contributed by atoms with E-state index in [1.807, 2.05) is 6.07 Å². The summed E-state index contributed by atoms with van der Waals surface area (Å²) in [4.78, 5) is 0. The van der Waals surface area contributed by atoms with Crippen molar-refractivity contribution in [3.8, 4) is 11.5 Å². The van der Waals surface area contributed by atoms with Crippen LogP contribution in [0.1, 0.15) is 5.56 Å². The monoisotopic (exact) mass is 263 g/mol. The van der Waals surface area contributed by atoms with Crippen LogP contribution >= 0.6 is 0 Å². The predicted molar refractivity (Wildman–Crippen MR) is 69.5 cm³/mol. The van der Waals surface area contributed by atoms with Crippen LogP contribution < -0.4 is 20.6 Å². The topological polar surface area (TPSA) is 108 Å². The van der Waals surface area contributed by atoms with Gasteiger partial charge in [0.05, 0.1) is 20.4 Å². The fraction of sp³-hybridized carbons (Fsp3) is 0.182. The molecule has 0 bridgehead atoms. The molecule has 8 heteroatoms. The molecule has 19 heavy (non-hydrogen) atoms. The number of anilines is 2. The average Bonchev–Trinajstić information content (AvgIpc) is 2.84. The lowest BCUT2D eigenvalue weighted by Gasteiger charge is -2.06. The summed E-state index contributed by atoms with van der Waals surface area (Å²) in [5.74, 6) is 1.73. The molecule has 0 saturated heterocycles. The molecule has 0 aliphatic rings. The van der Waals surface area contributed by atoms with Gasteiger partial charge in [0, 0.05) is 11.6 Å². The number of nitrogens with one attached hydrogen (secondary N) is 1. The standard InChI is InChI=1S/C11H13N5O3/c1-17-8-4-3-7(9(5-8)18-2)6-13-14-11-10(12)15-19-16-11/h3-6H,1-2H3,(H2,12,15)(H,14,16)/b13-6+. The van der Waals surface area contributed by atoms with E-state index in [-0.39, 0.29) is 11.6 Å². The molecule has 1 heterocycles. The molecule has 0 aliphatic heterocycles. The second kappa shape index (κ2) is 5.71. The van der Waals surface area contributed by atoms with Gasteiger partial charge in [0.25, 0.3) is 0 Å². The van der Waals surface area contributed by atoms with Gasteiger partial charge in [0.2, 0.25) is 11.6 Å². The molecule has 1 aromatic heterocycles. The van der Waals surface area contributed by atoms with Gasteiger partial charge in [-0.2, -0.15) is 5.10 Å². The molecule has 0 unspecified atom stereocenters. The van der Waals surface area contributed by atoms with Crippen LogP contribution in [0.5, 0.6) is 11.5 Å². The van der Waals surface area contributed by atoms with Crippen molar-refractivity contribution in [2.75, 3.05) is 25.4 Å². The summed E-state index contributed by atoms with van der Waals surface area (Å²) in [6, 6.07) is 5.37. The average molecular weight is 263 g/mol. The largest absolute Gasteiger partial charge is 0.497 e. The third-order valence-corrected chi connectivity index (χ3v) is 2.33. The third-order valence-electron chi connectivity index (χ3n) is 2.33. The smallest absolute Gasteiger partial charge is 0.235 e. The molecule has 2 rings (SSSR count). The number of hydrazone groups is 1. The van der Waals surface area contributed by atoms with Gasteiger partial charge in [0.1, 0.15) is 11.5 Å². The highest BCUT2D eigenvalue weighted by Crippen LogP contribution is 2.23. The summed E-state index contributed by atoms with van der Waals surface area (Å²) >= 11 is 0. The summed E-state index contributed by atoms with van der Waals surface area (Å²) in [6.07, 6.45) is 1.56. The van der Waals surface area contributed by atoms with E-state index < -0.39 is 0 Å². The quantitative estimate of drug-likeness (QED) is 0.614. The maximum absolute atomic E-state index is 5.47. The number of rotatable bonds is 5. The molecular formula is C11H13N5O3. The van der Waals surface area contributed by atoms with Gasteiger partial charge >= 0.3 is 0 Å². The second-order valence-corrected chi connectivity index (χ2v) is 3.48. The van der Waals surface area contributed by atoms with Crippen molar-refractivity contribution in [2.24, 2.45) is 5.10 Å². The number of aromatic nitrogens is 2. The Labute approximate surface area is 109 Å². The van der Waals surface area contributed by atoms with E-state index in [1.165, 1.54) is 0 Å². The number of hydrogen-bond donors (Lipinski definition) is 2. The minimum atomic E-state index is 0.138. The maximum atomic E-state index is 5.47. The Bertz CT molecular complexity index is 581. The van der Waals surface area contributed by atoms with Gasteiger partial charge in [-0.25, -0.2) is 4.63 Å². The Morgan fingerprint density at radius 2 is 2.16 bits per heavy atom. The Kier molecular flexibility index (Phi) is 3.81. The van der Waals surface area contributed by atoms with Gasteiger partial charge in [-0.05, 0) is 22.4 Å². The zero-order chi connectivity index (χ0) is 13.7.